The van der Waals surface area contributed by atoms with Crippen LogP contribution in [0.1, 0.15) is 13.3 Å². The first kappa shape index (κ1) is 16.6. The van der Waals surface area contributed by atoms with Crippen molar-refractivity contribution < 1.29 is 9.53 Å². The topological polar surface area (TPSA) is 57.7 Å². The van der Waals surface area contributed by atoms with Gasteiger partial charge in [0.2, 0.25) is 5.91 Å². The van der Waals surface area contributed by atoms with Crippen molar-refractivity contribution in [2.45, 2.75) is 25.4 Å². The van der Waals surface area contributed by atoms with E-state index in [1.165, 1.54) is 0 Å². The normalized spacial score (nSPS) is 24.5. The molecule has 1 amide bonds. The van der Waals surface area contributed by atoms with Gasteiger partial charge >= 0.3 is 0 Å². The van der Waals surface area contributed by atoms with Crippen molar-refractivity contribution in [3.8, 4) is 0 Å². The smallest absolute Gasteiger partial charge is 0.241 e. The minimum atomic E-state index is -0.183. The molecule has 0 aromatic carbocycles. The molecule has 2 aliphatic heterocycles. The zero-order chi connectivity index (χ0) is 16.2. The molecular weight excluding hydrogens is 316 g/mol. The summed E-state index contributed by atoms with van der Waals surface area (Å²) in [7, 11) is 0. The summed E-state index contributed by atoms with van der Waals surface area (Å²) in [5, 5.41) is 3.19. The Bertz CT molecular complexity index is 551. The van der Waals surface area contributed by atoms with Crippen LogP contribution in [0.3, 0.4) is 0 Å². The van der Waals surface area contributed by atoms with E-state index < -0.39 is 0 Å². The standard InChI is InChI=1S/C16H23ClN4O2/c1-12(16(22)19-14-3-2-5-18-15(14)17)21-6-4-13(11-21)20-7-9-23-10-8-20/h2-3,5,12-13H,4,6-11H2,1H3,(H,19,22)/t12-,13-/m1/s1. The predicted octanol–water partition coefficient (Wildman–Crippen LogP) is 1.47. The summed E-state index contributed by atoms with van der Waals surface area (Å²) in [6, 6.07) is 3.87. The van der Waals surface area contributed by atoms with Crippen LogP contribution in [0.15, 0.2) is 18.3 Å². The van der Waals surface area contributed by atoms with E-state index in [9.17, 15) is 4.79 Å². The zero-order valence-corrected chi connectivity index (χ0v) is 14.1. The fourth-order valence-corrected chi connectivity index (χ4v) is 3.41. The Kier molecular flexibility index (Phi) is 5.48. The van der Waals surface area contributed by atoms with Crippen LogP contribution in [0.4, 0.5) is 5.69 Å². The third-order valence-corrected chi connectivity index (χ3v) is 5.00. The molecule has 0 bridgehead atoms. The van der Waals surface area contributed by atoms with Crippen LogP contribution in [0.25, 0.3) is 0 Å². The Balaban J connectivity index is 1.55. The summed E-state index contributed by atoms with van der Waals surface area (Å²) < 4.78 is 5.41. The molecule has 3 heterocycles. The van der Waals surface area contributed by atoms with E-state index in [0.29, 0.717) is 16.9 Å². The minimum absolute atomic E-state index is 0.0393. The maximum atomic E-state index is 12.5. The first-order chi connectivity index (χ1) is 11.1. The Morgan fingerprint density at radius 1 is 1.43 bits per heavy atom. The van der Waals surface area contributed by atoms with Gasteiger partial charge in [0.25, 0.3) is 0 Å². The molecular formula is C16H23ClN4O2. The number of ether oxygens (including phenoxy) is 1. The number of nitrogens with one attached hydrogen (secondary N) is 1. The number of hydrogen-bond acceptors (Lipinski definition) is 5. The van der Waals surface area contributed by atoms with Crippen LogP contribution >= 0.6 is 11.6 Å². The van der Waals surface area contributed by atoms with Crippen LogP contribution in [0.5, 0.6) is 0 Å². The molecule has 2 aliphatic rings. The number of aromatic nitrogens is 1. The van der Waals surface area contributed by atoms with E-state index in [1.54, 1.807) is 18.3 Å². The predicted molar refractivity (Wildman–Crippen MR) is 89.7 cm³/mol. The molecule has 7 heteroatoms. The van der Waals surface area contributed by atoms with Gasteiger partial charge in [-0.1, -0.05) is 11.6 Å². The summed E-state index contributed by atoms with van der Waals surface area (Å²) in [6.45, 7) is 7.42. The van der Waals surface area contributed by atoms with Gasteiger partial charge in [-0.15, -0.1) is 0 Å². The molecule has 6 nitrogen and oxygen atoms in total. The van der Waals surface area contributed by atoms with Crippen molar-refractivity contribution in [3.05, 3.63) is 23.5 Å². The number of carbonyl (C=O) groups excluding carboxylic acids is 1. The van der Waals surface area contributed by atoms with Crippen molar-refractivity contribution >= 4 is 23.2 Å². The van der Waals surface area contributed by atoms with Crippen molar-refractivity contribution in [1.82, 2.24) is 14.8 Å². The summed E-state index contributed by atoms with van der Waals surface area (Å²) in [6.07, 6.45) is 2.71. The van der Waals surface area contributed by atoms with Gasteiger partial charge in [0.05, 0.1) is 24.9 Å². The molecule has 2 atom stereocenters. The molecule has 3 rings (SSSR count). The van der Waals surface area contributed by atoms with Gasteiger partial charge in [0.1, 0.15) is 0 Å². The van der Waals surface area contributed by atoms with Gasteiger partial charge in [-0.25, -0.2) is 4.98 Å². The maximum Gasteiger partial charge on any atom is 0.241 e. The van der Waals surface area contributed by atoms with E-state index in [4.69, 9.17) is 16.3 Å². The van der Waals surface area contributed by atoms with Crippen LogP contribution in [0, 0.1) is 0 Å². The molecule has 0 aliphatic carbocycles. The Hall–Kier alpha value is -1.21. The number of amides is 1. The van der Waals surface area contributed by atoms with E-state index in [1.807, 2.05) is 6.92 Å². The molecule has 23 heavy (non-hydrogen) atoms. The van der Waals surface area contributed by atoms with E-state index in [0.717, 1.165) is 45.8 Å². The fourth-order valence-electron chi connectivity index (χ4n) is 3.24. The number of halogens is 1. The maximum absolute atomic E-state index is 12.5. The summed E-state index contributed by atoms with van der Waals surface area (Å²) >= 11 is 6.00. The van der Waals surface area contributed by atoms with Crippen LogP contribution < -0.4 is 5.32 Å². The van der Waals surface area contributed by atoms with Crippen molar-refractivity contribution in [1.29, 1.82) is 0 Å². The molecule has 0 saturated carbocycles. The largest absolute Gasteiger partial charge is 0.379 e. The molecule has 1 N–H and O–H groups in total. The second-order valence-electron chi connectivity index (χ2n) is 6.09. The van der Waals surface area contributed by atoms with E-state index >= 15 is 0 Å². The van der Waals surface area contributed by atoms with Gasteiger partial charge in [0.15, 0.2) is 5.15 Å². The van der Waals surface area contributed by atoms with E-state index in [2.05, 4.69) is 20.1 Å². The van der Waals surface area contributed by atoms with Crippen molar-refractivity contribution in [2.24, 2.45) is 0 Å². The first-order valence-corrected chi connectivity index (χ1v) is 8.50. The molecule has 2 fully saturated rings. The summed E-state index contributed by atoms with van der Waals surface area (Å²) in [5.41, 5.74) is 0.565. The van der Waals surface area contributed by atoms with Crippen LogP contribution in [0.2, 0.25) is 5.15 Å². The highest BCUT2D eigenvalue weighted by Crippen LogP contribution is 2.21. The molecule has 1 aromatic rings. The number of carbonyl (C=O) groups is 1. The monoisotopic (exact) mass is 338 g/mol. The molecule has 1 aromatic heterocycles. The second kappa shape index (κ2) is 7.57. The number of rotatable bonds is 4. The minimum Gasteiger partial charge on any atom is -0.379 e. The van der Waals surface area contributed by atoms with Crippen molar-refractivity contribution in [3.63, 3.8) is 0 Å². The van der Waals surface area contributed by atoms with Gasteiger partial charge in [-0.05, 0) is 25.5 Å². The second-order valence-corrected chi connectivity index (χ2v) is 6.45. The lowest BCUT2D eigenvalue weighted by Crippen LogP contribution is -2.46. The Morgan fingerprint density at radius 2 is 2.22 bits per heavy atom. The van der Waals surface area contributed by atoms with Gasteiger partial charge in [0, 0.05) is 38.4 Å². The number of pyridine rings is 1. The van der Waals surface area contributed by atoms with Crippen LogP contribution in [-0.4, -0.2) is 72.2 Å². The van der Waals surface area contributed by atoms with E-state index in [-0.39, 0.29) is 11.9 Å². The Labute approximate surface area is 141 Å². The van der Waals surface area contributed by atoms with Crippen LogP contribution in [-0.2, 0) is 9.53 Å². The lowest BCUT2D eigenvalue weighted by atomic mass is 10.2. The number of nitrogens with zero attached hydrogens (tertiary/aromatic N) is 3. The van der Waals surface area contributed by atoms with Crippen molar-refractivity contribution in [2.75, 3.05) is 44.7 Å². The fraction of sp³-hybridized carbons (Fsp3) is 0.625. The lowest BCUT2D eigenvalue weighted by molar-refractivity contribution is -0.120. The van der Waals surface area contributed by atoms with Gasteiger partial charge in [-0.2, -0.15) is 0 Å². The molecule has 0 spiro atoms. The highest BCUT2D eigenvalue weighted by molar-refractivity contribution is 6.32. The number of anilines is 1. The Morgan fingerprint density at radius 3 is 2.96 bits per heavy atom. The molecule has 0 radical (unpaired) electrons. The third-order valence-electron chi connectivity index (χ3n) is 4.70. The number of morpholine rings is 1. The summed E-state index contributed by atoms with van der Waals surface area (Å²) in [4.78, 5) is 21.2. The quantitative estimate of drug-likeness (QED) is 0.842. The SMILES string of the molecule is C[C@H](C(=O)Nc1cccnc1Cl)N1CC[C@@H](N2CCOCC2)C1. The summed E-state index contributed by atoms with van der Waals surface area (Å²) in [5.74, 6) is -0.0393. The molecule has 2 saturated heterocycles. The lowest BCUT2D eigenvalue weighted by Gasteiger charge is -2.32. The average molecular weight is 339 g/mol. The molecule has 0 unspecified atom stereocenters. The zero-order valence-electron chi connectivity index (χ0n) is 13.4. The van der Waals surface area contributed by atoms with Gasteiger partial charge in [-0.3, -0.25) is 14.6 Å². The average Bonchev–Trinajstić information content (AvgIpc) is 3.07. The highest BCUT2D eigenvalue weighted by Gasteiger charge is 2.33. The highest BCUT2D eigenvalue weighted by atomic mass is 35.5. The molecule has 126 valence electrons. The first-order valence-electron chi connectivity index (χ1n) is 8.12. The third kappa shape index (κ3) is 4.01. The van der Waals surface area contributed by atoms with Gasteiger partial charge < -0.3 is 10.1 Å². The number of hydrogen-bond donors (Lipinski definition) is 1. The number of likely N-dealkylation sites (tertiary alicyclic amines) is 1.